The summed E-state index contributed by atoms with van der Waals surface area (Å²) in [5.41, 5.74) is 2.63. The number of nitrogens with one attached hydrogen (secondary N) is 1. The van der Waals surface area contributed by atoms with Crippen molar-refractivity contribution in [1.29, 1.82) is 0 Å². The van der Waals surface area contributed by atoms with Gasteiger partial charge in [-0.15, -0.1) is 0 Å². The zero-order valence-corrected chi connectivity index (χ0v) is 8.88. The molecule has 1 aromatic heterocycles. The van der Waals surface area contributed by atoms with Gasteiger partial charge in [0.25, 0.3) is 0 Å². The number of aryl methyl sites for hydroxylation is 2. The van der Waals surface area contributed by atoms with Gasteiger partial charge in [-0.1, -0.05) is 0 Å². The molecule has 1 aliphatic rings. The van der Waals surface area contributed by atoms with Crippen LogP contribution in [0.5, 0.6) is 0 Å². The van der Waals surface area contributed by atoms with Gasteiger partial charge < -0.3 is 5.32 Å². The third-order valence-electron chi connectivity index (χ3n) is 2.85. The fraction of sp³-hybridized carbons (Fsp3) is 0.636. The van der Waals surface area contributed by atoms with E-state index in [0.717, 1.165) is 18.8 Å². The molecule has 76 valence electrons. The summed E-state index contributed by atoms with van der Waals surface area (Å²) in [5.74, 6) is 1.48. The van der Waals surface area contributed by atoms with Crippen LogP contribution >= 0.6 is 0 Å². The van der Waals surface area contributed by atoms with Crippen LogP contribution in [0.1, 0.15) is 35.8 Å². The minimum Gasteiger partial charge on any atom is -0.319 e. The lowest BCUT2D eigenvalue weighted by Gasteiger charge is -2.23. The Morgan fingerprint density at radius 1 is 1.57 bits per heavy atom. The van der Waals surface area contributed by atoms with E-state index in [1.54, 1.807) is 0 Å². The maximum atomic E-state index is 4.56. The second kappa shape index (κ2) is 4.05. The first-order valence-electron chi connectivity index (χ1n) is 5.28. The number of aromatic nitrogens is 2. The van der Waals surface area contributed by atoms with Gasteiger partial charge in [0.2, 0.25) is 0 Å². The Hall–Kier alpha value is -0.960. The number of hydrogen-bond donors (Lipinski definition) is 1. The molecular formula is C11H17N3. The lowest BCUT2D eigenvalue weighted by molar-refractivity contribution is 0.511. The molecule has 0 spiro atoms. The van der Waals surface area contributed by atoms with Gasteiger partial charge in [-0.05, 0) is 38.8 Å². The van der Waals surface area contributed by atoms with Crippen LogP contribution in [0.15, 0.2) is 6.20 Å². The number of rotatable bonds is 2. The van der Waals surface area contributed by atoms with Gasteiger partial charge in [0, 0.05) is 18.7 Å². The summed E-state index contributed by atoms with van der Waals surface area (Å²) in [6.45, 7) is 2.99. The van der Waals surface area contributed by atoms with Crippen molar-refractivity contribution in [2.24, 2.45) is 0 Å². The van der Waals surface area contributed by atoms with Crippen LogP contribution in [-0.2, 0) is 6.42 Å². The van der Waals surface area contributed by atoms with Gasteiger partial charge >= 0.3 is 0 Å². The van der Waals surface area contributed by atoms with Gasteiger partial charge in [0.05, 0.1) is 5.69 Å². The largest absolute Gasteiger partial charge is 0.319 e. The van der Waals surface area contributed by atoms with E-state index in [9.17, 15) is 0 Å². The zero-order chi connectivity index (χ0) is 9.97. The summed E-state index contributed by atoms with van der Waals surface area (Å²) in [4.78, 5) is 8.82. The van der Waals surface area contributed by atoms with Crippen LogP contribution in [0, 0.1) is 6.92 Å². The summed E-state index contributed by atoms with van der Waals surface area (Å²) in [6.07, 6.45) is 5.67. The van der Waals surface area contributed by atoms with Crippen LogP contribution < -0.4 is 5.32 Å². The predicted octanol–water partition coefficient (Wildman–Crippen LogP) is 1.42. The molecule has 0 fully saturated rings. The molecule has 0 aromatic carbocycles. The number of likely N-dealkylation sites (N-methyl/N-ethyl adjacent to an activating group) is 1. The SMILES string of the molecule is CNCC1CCCc2cnc(C)nc21. The van der Waals surface area contributed by atoms with Gasteiger partial charge in [-0.3, -0.25) is 0 Å². The molecule has 0 aliphatic heterocycles. The average molecular weight is 191 g/mol. The molecular weight excluding hydrogens is 174 g/mol. The fourth-order valence-electron chi connectivity index (χ4n) is 2.18. The standard InChI is InChI=1S/C11H17N3/c1-8-13-7-10-5-3-4-9(6-12-2)11(10)14-8/h7,9,12H,3-6H2,1-2H3. The quantitative estimate of drug-likeness (QED) is 0.768. The van der Waals surface area contributed by atoms with Crippen molar-refractivity contribution in [1.82, 2.24) is 15.3 Å². The fourth-order valence-corrected chi connectivity index (χ4v) is 2.18. The Kier molecular flexibility index (Phi) is 2.77. The highest BCUT2D eigenvalue weighted by Crippen LogP contribution is 2.28. The molecule has 0 saturated heterocycles. The minimum atomic E-state index is 0.588. The Bertz CT molecular complexity index is 322. The van der Waals surface area contributed by atoms with Crippen LogP contribution in [0.4, 0.5) is 0 Å². The highest BCUT2D eigenvalue weighted by molar-refractivity contribution is 5.24. The lowest BCUT2D eigenvalue weighted by Crippen LogP contribution is -2.23. The molecule has 1 aromatic rings. The Labute approximate surface area is 85.0 Å². The molecule has 14 heavy (non-hydrogen) atoms. The van der Waals surface area contributed by atoms with E-state index in [4.69, 9.17) is 0 Å². The summed E-state index contributed by atoms with van der Waals surface area (Å²) in [6, 6.07) is 0. The first kappa shape index (κ1) is 9.59. The van der Waals surface area contributed by atoms with Crippen LogP contribution in [0.2, 0.25) is 0 Å². The van der Waals surface area contributed by atoms with E-state index in [0.29, 0.717) is 5.92 Å². The third-order valence-corrected chi connectivity index (χ3v) is 2.85. The predicted molar refractivity (Wildman–Crippen MR) is 56.4 cm³/mol. The van der Waals surface area contributed by atoms with Crippen molar-refractivity contribution in [3.05, 3.63) is 23.3 Å². The molecule has 0 bridgehead atoms. The van der Waals surface area contributed by atoms with E-state index >= 15 is 0 Å². The summed E-state index contributed by atoms with van der Waals surface area (Å²) in [5, 5.41) is 3.24. The molecule has 1 heterocycles. The zero-order valence-electron chi connectivity index (χ0n) is 8.88. The van der Waals surface area contributed by atoms with Crippen molar-refractivity contribution < 1.29 is 0 Å². The highest BCUT2D eigenvalue weighted by atomic mass is 14.9. The van der Waals surface area contributed by atoms with Crippen LogP contribution in [-0.4, -0.2) is 23.6 Å². The maximum Gasteiger partial charge on any atom is 0.125 e. The topological polar surface area (TPSA) is 37.8 Å². The lowest BCUT2D eigenvalue weighted by atomic mass is 9.87. The van der Waals surface area contributed by atoms with Gasteiger partial charge in [0.1, 0.15) is 5.82 Å². The van der Waals surface area contributed by atoms with E-state index in [2.05, 4.69) is 15.3 Å². The van der Waals surface area contributed by atoms with E-state index in [1.807, 2.05) is 20.2 Å². The summed E-state index contributed by atoms with van der Waals surface area (Å²) < 4.78 is 0. The molecule has 2 rings (SSSR count). The molecule has 1 unspecified atom stereocenters. The Balaban J connectivity index is 2.32. The molecule has 0 amide bonds. The van der Waals surface area contributed by atoms with Crippen molar-refractivity contribution in [2.45, 2.75) is 32.1 Å². The second-order valence-electron chi connectivity index (χ2n) is 3.97. The molecule has 1 N–H and O–H groups in total. The molecule has 1 aliphatic carbocycles. The van der Waals surface area contributed by atoms with Crippen molar-refractivity contribution in [3.63, 3.8) is 0 Å². The van der Waals surface area contributed by atoms with E-state index < -0.39 is 0 Å². The summed E-state index contributed by atoms with van der Waals surface area (Å²) in [7, 11) is 2.00. The third kappa shape index (κ3) is 1.77. The summed E-state index contributed by atoms with van der Waals surface area (Å²) >= 11 is 0. The molecule has 1 atom stereocenters. The normalized spacial score (nSPS) is 20.6. The van der Waals surface area contributed by atoms with E-state index in [-0.39, 0.29) is 0 Å². The number of nitrogens with zero attached hydrogens (tertiary/aromatic N) is 2. The van der Waals surface area contributed by atoms with Crippen LogP contribution in [0.25, 0.3) is 0 Å². The maximum absolute atomic E-state index is 4.56. The van der Waals surface area contributed by atoms with Gasteiger partial charge in [0.15, 0.2) is 0 Å². The average Bonchev–Trinajstić information content (AvgIpc) is 2.19. The van der Waals surface area contributed by atoms with Crippen molar-refractivity contribution >= 4 is 0 Å². The van der Waals surface area contributed by atoms with Gasteiger partial charge in [-0.2, -0.15) is 0 Å². The minimum absolute atomic E-state index is 0.588. The van der Waals surface area contributed by atoms with Crippen molar-refractivity contribution in [2.75, 3.05) is 13.6 Å². The molecule has 3 heteroatoms. The number of hydrogen-bond acceptors (Lipinski definition) is 3. The number of fused-ring (bicyclic) bond motifs is 1. The monoisotopic (exact) mass is 191 g/mol. The van der Waals surface area contributed by atoms with Crippen LogP contribution in [0.3, 0.4) is 0 Å². The Morgan fingerprint density at radius 3 is 3.21 bits per heavy atom. The first-order valence-corrected chi connectivity index (χ1v) is 5.28. The second-order valence-corrected chi connectivity index (χ2v) is 3.97. The first-order chi connectivity index (χ1) is 6.81. The smallest absolute Gasteiger partial charge is 0.125 e. The molecule has 0 saturated carbocycles. The Morgan fingerprint density at radius 2 is 2.43 bits per heavy atom. The molecule has 3 nitrogen and oxygen atoms in total. The highest BCUT2D eigenvalue weighted by Gasteiger charge is 2.21. The van der Waals surface area contributed by atoms with Gasteiger partial charge in [-0.25, -0.2) is 9.97 Å². The van der Waals surface area contributed by atoms with E-state index in [1.165, 1.54) is 24.1 Å². The molecule has 0 radical (unpaired) electrons. The van der Waals surface area contributed by atoms with Crippen molar-refractivity contribution in [3.8, 4) is 0 Å².